The van der Waals surface area contributed by atoms with Crippen molar-refractivity contribution in [2.45, 2.75) is 25.0 Å². The molecule has 0 aromatic carbocycles. The van der Waals surface area contributed by atoms with Gasteiger partial charge in [0.25, 0.3) is 0 Å². The summed E-state index contributed by atoms with van der Waals surface area (Å²) in [6.45, 7) is 0.904. The van der Waals surface area contributed by atoms with Crippen molar-refractivity contribution in [2.24, 2.45) is 5.90 Å². The molecule has 1 atom stereocenters. The molecule has 0 aromatic heterocycles. The number of hydrogen-bond acceptors (Lipinski definition) is 3. The third kappa shape index (κ3) is 2.44. The van der Waals surface area contributed by atoms with Crippen LogP contribution >= 0.6 is 0 Å². The van der Waals surface area contributed by atoms with Gasteiger partial charge in [0.2, 0.25) is 9.76 Å². The lowest BCUT2D eigenvalue weighted by atomic mass is 10.2. The Morgan fingerprint density at radius 2 is 2.44 bits per heavy atom. The van der Waals surface area contributed by atoms with Gasteiger partial charge in [0.15, 0.2) is 0 Å². The summed E-state index contributed by atoms with van der Waals surface area (Å²) in [7, 11) is -0.569. The minimum absolute atomic E-state index is 0.392. The maximum Gasteiger partial charge on any atom is 0.218 e. The molecule has 9 heavy (non-hydrogen) atoms. The van der Waals surface area contributed by atoms with Crippen molar-refractivity contribution in [2.75, 3.05) is 6.61 Å². The summed E-state index contributed by atoms with van der Waals surface area (Å²) in [5.41, 5.74) is 0.392. The molecule has 1 rings (SSSR count). The highest BCUT2D eigenvalue weighted by Gasteiger charge is 2.13. The average Bonchev–Trinajstić information content (AvgIpc) is 1.91. The number of nitrogens with two attached hydrogens (primary N) is 1. The summed E-state index contributed by atoms with van der Waals surface area (Å²) in [5.74, 6) is 4.94. The van der Waals surface area contributed by atoms with Crippen molar-refractivity contribution in [3.8, 4) is 0 Å². The quantitative estimate of drug-likeness (QED) is 0.422. The largest absolute Gasteiger partial charge is 0.379 e. The number of rotatable bonds is 2. The third-order valence-electron chi connectivity index (χ3n) is 1.56. The van der Waals surface area contributed by atoms with Crippen molar-refractivity contribution in [1.29, 1.82) is 0 Å². The van der Waals surface area contributed by atoms with Crippen LogP contribution in [0.15, 0.2) is 0 Å². The molecule has 0 aliphatic carbocycles. The Morgan fingerprint density at radius 3 is 3.00 bits per heavy atom. The zero-order valence-corrected chi connectivity index (χ0v) is 6.92. The minimum Gasteiger partial charge on any atom is -0.379 e. The smallest absolute Gasteiger partial charge is 0.218 e. The van der Waals surface area contributed by atoms with Crippen LogP contribution in [0, 0.1) is 0 Å². The van der Waals surface area contributed by atoms with E-state index in [9.17, 15) is 0 Å². The van der Waals surface area contributed by atoms with E-state index in [4.69, 9.17) is 10.6 Å². The van der Waals surface area contributed by atoms with Crippen molar-refractivity contribution in [1.82, 2.24) is 0 Å². The van der Waals surface area contributed by atoms with Gasteiger partial charge in [-0.05, 0) is 19.3 Å². The standard InChI is InChI=1S/C5H13NO2Si/c6-8-9-5-3-1-2-4-7-5/h5H,1-4,6,9H2. The summed E-state index contributed by atoms with van der Waals surface area (Å²) in [6, 6.07) is 0. The van der Waals surface area contributed by atoms with Crippen LogP contribution in [0.25, 0.3) is 0 Å². The van der Waals surface area contributed by atoms with E-state index in [1.807, 2.05) is 0 Å². The maximum absolute atomic E-state index is 5.38. The highest BCUT2D eigenvalue weighted by Crippen LogP contribution is 2.10. The van der Waals surface area contributed by atoms with Gasteiger partial charge in [-0.3, -0.25) is 0 Å². The van der Waals surface area contributed by atoms with Crippen molar-refractivity contribution >= 4 is 9.76 Å². The van der Waals surface area contributed by atoms with E-state index in [0.717, 1.165) is 13.0 Å². The molecular formula is C5H13NO2Si. The molecular weight excluding hydrogens is 134 g/mol. The molecule has 1 fully saturated rings. The van der Waals surface area contributed by atoms with Crippen LogP contribution in [0.3, 0.4) is 0 Å². The summed E-state index contributed by atoms with van der Waals surface area (Å²) >= 11 is 0. The third-order valence-corrected chi connectivity index (χ3v) is 2.76. The van der Waals surface area contributed by atoms with Crippen molar-refractivity contribution in [3.63, 3.8) is 0 Å². The molecule has 1 aliphatic rings. The second-order valence-electron chi connectivity index (χ2n) is 2.32. The van der Waals surface area contributed by atoms with Gasteiger partial charge < -0.3 is 9.26 Å². The first kappa shape index (κ1) is 7.21. The van der Waals surface area contributed by atoms with Crippen LogP contribution in [0.1, 0.15) is 19.3 Å². The van der Waals surface area contributed by atoms with E-state index in [1.54, 1.807) is 0 Å². The predicted octanol–water partition coefficient (Wildman–Crippen LogP) is -0.513. The van der Waals surface area contributed by atoms with E-state index in [1.165, 1.54) is 12.8 Å². The van der Waals surface area contributed by atoms with E-state index in [2.05, 4.69) is 4.53 Å². The molecule has 0 aromatic rings. The van der Waals surface area contributed by atoms with Crippen LogP contribution < -0.4 is 5.90 Å². The predicted molar refractivity (Wildman–Crippen MR) is 37.4 cm³/mol. The normalized spacial score (nSPS) is 29.7. The van der Waals surface area contributed by atoms with Crippen molar-refractivity contribution in [3.05, 3.63) is 0 Å². The molecule has 0 radical (unpaired) electrons. The van der Waals surface area contributed by atoms with Gasteiger partial charge in [-0.2, -0.15) is 0 Å². The molecule has 1 heterocycles. The number of hydrogen-bond donors (Lipinski definition) is 1. The van der Waals surface area contributed by atoms with Gasteiger partial charge in [0.1, 0.15) is 0 Å². The van der Waals surface area contributed by atoms with E-state index in [-0.39, 0.29) is 0 Å². The van der Waals surface area contributed by atoms with Crippen LogP contribution in [0.4, 0.5) is 0 Å². The van der Waals surface area contributed by atoms with Gasteiger partial charge >= 0.3 is 0 Å². The number of ether oxygens (including phenoxy) is 1. The molecule has 1 aliphatic heterocycles. The highest BCUT2D eigenvalue weighted by atomic mass is 28.2. The Morgan fingerprint density at radius 1 is 1.56 bits per heavy atom. The highest BCUT2D eigenvalue weighted by molar-refractivity contribution is 6.28. The van der Waals surface area contributed by atoms with Gasteiger partial charge in [-0.1, -0.05) is 0 Å². The second kappa shape index (κ2) is 4.00. The Hall–Kier alpha value is 0.0969. The topological polar surface area (TPSA) is 44.5 Å². The molecule has 4 heteroatoms. The maximum atomic E-state index is 5.38. The summed E-state index contributed by atoms with van der Waals surface area (Å²) < 4.78 is 9.97. The van der Waals surface area contributed by atoms with E-state index < -0.39 is 9.76 Å². The lowest BCUT2D eigenvalue weighted by molar-refractivity contribution is 0.0551. The molecule has 3 nitrogen and oxygen atoms in total. The Bertz CT molecular complexity index is 72.6. The molecule has 0 spiro atoms. The van der Waals surface area contributed by atoms with Gasteiger partial charge in [-0.25, -0.2) is 5.90 Å². The van der Waals surface area contributed by atoms with Crippen LogP contribution in [0.5, 0.6) is 0 Å². The molecule has 1 unspecified atom stereocenters. The van der Waals surface area contributed by atoms with Gasteiger partial charge in [0, 0.05) is 6.61 Å². The fourth-order valence-electron chi connectivity index (χ4n) is 1.05. The fraction of sp³-hybridized carbons (Fsp3) is 1.00. The van der Waals surface area contributed by atoms with Crippen LogP contribution in [-0.4, -0.2) is 22.1 Å². The first-order valence-corrected chi connectivity index (χ1v) is 4.76. The molecule has 54 valence electrons. The first-order valence-electron chi connectivity index (χ1n) is 3.37. The van der Waals surface area contributed by atoms with Crippen LogP contribution in [0.2, 0.25) is 0 Å². The lowest BCUT2D eigenvalue weighted by Crippen LogP contribution is -2.28. The van der Waals surface area contributed by atoms with E-state index in [0.29, 0.717) is 5.73 Å². The zero-order chi connectivity index (χ0) is 6.53. The van der Waals surface area contributed by atoms with Crippen LogP contribution in [-0.2, 0) is 9.26 Å². The summed E-state index contributed by atoms with van der Waals surface area (Å²) in [6.07, 6.45) is 3.64. The molecule has 0 amide bonds. The van der Waals surface area contributed by atoms with Crippen molar-refractivity contribution < 1.29 is 9.26 Å². The van der Waals surface area contributed by atoms with Gasteiger partial charge in [0.05, 0.1) is 5.73 Å². The second-order valence-corrected chi connectivity index (χ2v) is 3.90. The zero-order valence-electron chi connectivity index (χ0n) is 5.51. The summed E-state index contributed by atoms with van der Waals surface area (Å²) in [5, 5.41) is 0. The van der Waals surface area contributed by atoms with E-state index >= 15 is 0 Å². The molecule has 0 bridgehead atoms. The Kier molecular flexibility index (Phi) is 3.20. The fourth-order valence-corrected chi connectivity index (χ4v) is 1.98. The molecule has 2 N–H and O–H groups in total. The average molecular weight is 147 g/mol. The lowest BCUT2D eigenvalue weighted by Gasteiger charge is -2.20. The molecule has 0 saturated carbocycles. The monoisotopic (exact) mass is 147 g/mol. The summed E-state index contributed by atoms with van der Waals surface area (Å²) in [4.78, 5) is 0. The SMILES string of the molecule is NO[SiH2]C1CCCCO1. The Labute approximate surface area is 57.4 Å². The van der Waals surface area contributed by atoms with Gasteiger partial charge in [-0.15, -0.1) is 0 Å². The minimum atomic E-state index is -0.569. The first-order chi connectivity index (χ1) is 4.43. The Balaban J connectivity index is 2.08. The molecule has 1 saturated heterocycles.